The Labute approximate surface area is 148 Å². The zero-order valence-corrected chi connectivity index (χ0v) is 15.7. The van der Waals surface area contributed by atoms with E-state index in [1.54, 1.807) is 0 Å². The van der Waals surface area contributed by atoms with Crippen molar-refractivity contribution < 1.29 is 13.8 Å². The number of hydrogen-bond acceptors (Lipinski definition) is 2. The van der Waals surface area contributed by atoms with Crippen molar-refractivity contribution in [1.82, 2.24) is 0 Å². The molecule has 0 aromatic rings. The highest BCUT2D eigenvalue weighted by Crippen LogP contribution is 2.21. The fourth-order valence-electron chi connectivity index (χ4n) is 4.43. The van der Waals surface area contributed by atoms with Gasteiger partial charge in [-0.15, -0.1) is 0 Å². The molecular weight excluding hydrogens is 298 g/mol. The molecule has 0 radical (unpaired) electrons. The highest BCUT2D eigenvalue weighted by molar-refractivity contribution is 5.35. The first-order chi connectivity index (χ1) is 11.8. The lowest BCUT2D eigenvalue weighted by atomic mass is 9.95. The minimum Gasteiger partial charge on any atom is -0.370 e. The fourth-order valence-corrected chi connectivity index (χ4v) is 4.43. The van der Waals surface area contributed by atoms with E-state index in [9.17, 15) is 0 Å². The molecule has 3 rings (SSSR count). The summed E-state index contributed by atoms with van der Waals surface area (Å²) in [5, 5.41) is 0. The Morgan fingerprint density at radius 1 is 0.958 bits per heavy atom. The normalized spacial score (nSPS) is 25.9. The molecular formula is C20H37N3O+2. The molecule has 136 valence electrons. The van der Waals surface area contributed by atoms with Crippen LogP contribution in [0, 0.1) is 0 Å². The lowest BCUT2D eigenvalue weighted by Crippen LogP contribution is -2.54. The molecule has 0 unspecified atom stereocenters. The maximum absolute atomic E-state index is 5.55. The number of aliphatic imine (C=N–C) groups is 1. The van der Waals surface area contributed by atoms with Crippen LogP contribution in [0.4, 0.5) is 0 Å². The van der Waals surface area contributed by atoms with Gasteiger partial charge < -0.3 is 9.22 Å². The molecule has 1 aliphatic heterocycles. The molecule has 3 aliphatic rings. The standard InChI is InChI=1S/C20H37N3O/c1-23(14-16-24-17-15-23)13-12-22(20-10-6-3-7-11-20)18-21-19-8-4-2-5-9-19/h19-20H,2-17H2,1H3/q+2. The summed E-state index contributed by atoms with van der Waals surface area (Å²) < 4.78 is 9.19. The summed E-state index contributed by atoms with van der Waals surface area (Å²) in [6.45, 7) is 6.45. The predicted octanol–water partition coefficient (Wildman–Crippen LogP) is 3.32. The molecule has 0 amide bonds. The second kappa shape index (κ2) is 9.12. The largest absolute Gasteiger partial charge is 0.370 e. The zero-order valence-electron chi connectivity index (χ0n) is 15.7. The van der Waals surface area contributed by atoms with Gasteiger partial charge in [-0.25, -0.2) is 4.58 Å². The summed E-state index contributed by atoms with van der Waals surface area (Å²) >= 11 is 0. The first kappa shape index (κ1) is 18.1. The molecule has 0 aromatic heterocycles. The number of likely N-dealkylation sites (N-methyl/N-ethyl adjacent to an activating group) is 1. The smallest absolute Gasteiger partial charge is 0.307 e. The minimum absolute atomic E-state index is 0.540. The molecule has 1 saturated heterocycles. The van der Waals surface area contributed by atoms with Gasteiger partial charge in [0.15, 0.2) is 6.04 Å². The van der Waals surface area contributed by atoms with Gasteiger partial charge in [0, 0.05) is 0 Å². The first-order valence-corrected chi connectivity index (χ1v) is 10.4. The summed E-state index contributed by atoms with van der Waals surface area (Å²) in [7, 11) is 2.39. The third-order valence-electron chi connectivity index (χ3n) is 6.39. The Balaban J connectivity index is 1.65. The molecule has 0 bridgehead atoms. The second-order valence-corrected chi connectivity index (χ2v) is 8.41. The van der Waals surface area contributed by atoms with Crippen LogP contribution >= 0.6 is 0 Å². The van der Waals surface area contributed by atoms with Crippen LogP contribution in [0.1, 0.15) is 64.2 Å². The van der Waals surface area contributed by atoms with Gasteiger partial charge in [0.05, 0.1) is 20.3 Å². The molecule has 0 N–H and O–H groups in total. The van der Waals surface area contributed by atoms with Crippen molar-refractivity contribution in [2.45, 2.75) is 76.3 Å². The van der Waals surface area contributed by atoms with Gasteiger partial charge in [-0.3, -0.25) is 0 Å². The van der Waals surface area contributed by atoms with Crippen molar-refractivity contribution in [1.29, 1.82) is 0 Å². The topological polar surface area (TPSA) is 24.6 Å². The Bertz CT molecular complexity index is 438. The molecule has 4 nitrogen and oxygen atoms in total. The maximum atomic E-state index is 5.55. The second-order valence-electron chi connectivity index (χ2n) is 8.41. The quantitative estimate of drug-likeness (QED) is 0.430. The van der Waals surface area contributed by atoms with Crippen LogP contribution < -0.4 is 0 Å². The third kappa shape index (κ3) is 5.40. The summed E-state index contributed by atoms with van der Waals surface area (Å²) in [4.78, 5) is 4.89. The number of quaternary nitrogens is 1. The van der Waals surface area contributed by atoms with E-state index in [-0.39, 0.29) is 0 Å². The van der Waals surface area contributed by atoms with Crippen LogP contribution in [0.2, 0.25) is 0 Å². The molecule has 1 heterocycles. The minimum atomic E-state index is 0.540. The maximum Gasteiger partial charge on any atom is 0.307 e. The summed E-state index contributed by atoms with van der Waals surface area (Å²) in [6, 6.07) is 4.75. The van der Waals surface area contributed by atoms with E-state index in [1.165, 1.54) is 70.8 Å². The summed E-state index contributed by atoms with van der Waals surface area (Å²) in [5.74, 6) is 0. The highest BCUT2D eigenvalue weighted by Gasteiger charge is 2.28. The van der Waals surface area contributed by atoms with Crippen molar-refractivity contribution in [2.24, 2.45) is 4.99 Å². The monoisotopic (exact) mass is 335 g/mol. The highest BCUT2D eigenvalue weighted by atomic mass is 16.5. The van der Waals surface area contributed by atoms with Gasteiger partial charge in [-0.2, -0.15) is 0 Å². The van der Waals surface area contributed by atoms with E-state index < -0.39 is 0 Å². The van der Waals surface area contributed by atoms with Crippen LogP contribution in [0.3, 0.4) is 0 Å². The average molecular weight is 336 g/mol. The van der Waals surface area contributed by atoms with E-state index in [0.29, 0.717) is 12.1 Å². The SMILES string of the molecule is C[N+]1(CC[N+](=C=NC2CCCCC2)C2CCCCC2)CCOCC1. The van der Waals surface area contributed by atoms with Crippen molar-refractivity contribution >= 4 is 6.01 Å². The number of rotatable bonds is 5. The molecule has 2 aliphatic carbocycles. The molecule has 0 aromatic carbocycles. The Kier molecular flexibility index (Phi) is 6.88. The lowest BCUT2D eigenvalue weighted by molar-refractivity contribution is -0.923. The van der Waals surface area contributed by atoms with Crippen molar-refractivity contribution in [3.05, 3.63) is 0 Å². The molecule has 4 heteroatoms. The van der Waals surface area contributed by atoms with Gasteiger partial charge in [-0.05, 0) is 56.4 Å². The molecule has 0 spiro atoms. The number of morpholine rings is 1. The Morgan fingerprint density at radius 3 is 2.25 bits per heavy atom. The van der Waals surface area contributed by atoms with Crippen molar-refractivity contribution in [2.75, 3.05) is 46.4 Å². The van der Waals surface area contributed by atoms with Gasteiger partial charge in [0.25, 0.3) is 0 Å². The molecule has 0 atom stereocenters. The number of hydrogen-bond donors (Lipinski definition) is 0. The van der Waals surface area contributed by atoms with E-state index in [1.807, 2.05) is 0 Å². The molecule has 3 fully saturated rings. The zero-order chi connectivity index (χ0) is 16.7. The van der Waals surface area contributed by atoms with Gasteiger partial charge in [0.2, 0.25) is 0 Å². The van der Waals surface area contributed by atoms with Crippen LogP contribution in [0.5, 0.6) is 0 Å². The van der Waals surface area contributed by atoms with Crippen LogP contribution in [-0.2, 0) is 4.74 Å². The predicted molar refractivity (Wildman–Crippen MR) is 97.9 cm³/mol. The molecule has 24 heavy (non-hydrogen) atoms. The van der Waals surface area contributed by atoms with Gasteiger partial charge in [0.1, 0.15) is 32.2 Å². The Hall–Kier alpha value is -0.700. The van der Waals surface area contributed by atoms with Crippen LogP contribution in [0.25, 0.3) is 0 Å². The third-order valence-corrected chi connectivity index (χ3v) is 6.39. The molecule has 2 saturated carbocycles. The van der Waals surface area contributed by atoms with E-state index in [2.05, 4.69) is 17.6 Å². The van der Waals surface area contributed by atoms with Crippen molar-refractivity contribution in [3.63, 3.8) is 0 Å². The average Bonchev–Trinajstić information content (AvgIpc) is 2.64. The van der Waals surface area contributed by atoms with Crippen molar-refractivity contribution in [3.8, 4) is 0 Å². The lowest BCUT2D eigenvalue weighted by Gasteiger charge is -2.37. The first-order valence-electron chi connectivity index (χ1n) is 10.4. The van der Waals surface area contributed by atoms with Crippen LogP contribution in [0.15, 0.2) is 4.99 Å². The Morgan fingerprint density at radius 2 is 1.58 bits per heavy atom. The number of nitrogens with zero attached hydrogens (tertiary/aromatic N) is 3. The van der Waals surface area contributed by atoms with E-state index in [0.717, 1.165) is 37.3 Å². The summed E-state index contributed by atoms with van der Waals surface area (Å²) in [6.07, 6.45) is 13.5. The number of ether oxygens (including phenoxy) is 1. The fraction of sp³-hybridized carbons (Fsp3) is 0.950. The van der Waals surface area contributed by atoms with E-state index >= 15 is 0 Å². The summed E-state index contributed by atoms with van der Waals surface area (Å²) in [5.41, 5.74) is 0. The van der Waals surface area contributed by atoms with Crippen LogP contribution in [-0.4, -0.2) is 73.6 Å². The van der Waals surface area contributed by atoms with Gasteiger partial charge >= 0.3 is 6.01 Å². The van der Waals surface area contributed by atoms with E-state index in [4.69, 9.17) is 9.73 Å². The van der Waals surface area contributed by atoms with Gasteiger partial charge in [-0.1, -0.05) is 12.8 Å².